The van der Waals surface area contributed by atoms with Crippen LogP contribution in [-0.4, -0.2) is 44.1 Å². The highest BCUT2D eigenvalue weighted by Crippen LogP contribution is 2.28. The second kappa shape index (κ2) is 8.97. The molecule has 0 saturated carbocycles. The van der Waals surface area contributed by atoms with Crippen molar-refractivity contribution in [1.82, 2.24) is 4.90 Å². The van der Waals surface area contributed by atoms with Crippen molar-refractivity contribution in [2.75, 3.05) is 38.2 Å². The predicted octanol–water partition coefficient (Wildman–Crippen LogP) is 4.79. The molecule has 1 aromatic heterocycles. The van der Waals surface area contributed by atoms with E-state index in [9.17, 15) is 4.79 Å². The molecule has 1 amide bonds. The number of carbonyl (C=O) groups excluding carboxylic acids is 1. The third-order valence-electron chi connectivity index (χ3n) is 5.09. The molecule has 0 bridgehead atoms. The van der Waals surface area contributed by atoms with Crippen molar-refractivity contribution < 1.29 is 9.53 Å². The van der Waals surface area contributed by atoms with E-state index in [1.165, 1.54) is 10.4 Å². The van der Waals surface area contributed by atoms with Gasteiger partial charge >= 0.3 is 0 Å². The lowest BCUT2D eigenvalue weighted by atomic mass is 10.2. The number of piperazine rings is 1. The molecule has 4 rings (SSSR count). The van der Waals surface area contributed by atoms with Gasteiger partial charge in [-0.1, -0.05) is 36.4 Å². The van der Waals surface area contributed by atoms with Gasteiger partial charge in [-0.05, 0) is 35.9 Å². The molecular formula is C24H24N2O2S. The summed E-state index contributed by atoms with van der Waals surface area (Å²) in [6.07, 6.45) is 3.62. The number of methoxy groups -OCH3 is 1. The molecule has 3 aromatic rings. The standard InChI is InChI=1S/C24H24N2O2S/c1-28-21-9-5-8-20(18-21)25-14-16-26(17-15-25)24(27)13-11-22-10-12-23(29-22)19-6-3-2-4-7-19/h2-13,18H,14-17H2,1H3/b13-11+. The molecular weight excluding hydrogens is 380 g/mol. The number of hydrogen-bond acceptors (Lipinski definition) is 4. The third-order valence-corrected chi connectivity index (χ3v) is 6.18. The summed E-state index contributed by atoms with van der Waals surface area (Å²) in [7, 11) is 1.68. The Morgan fingerprint density at radius 2 is 1.76 bits per heavy atom. The van der Waals surface area contributed by atoms with Crippen LogP contribution in [0.25, 0.3) is 16.5 Å². The summed E-state index contributed by atoms with van der Waals surface area (Å²) in [6, 6.07) is 22.6. The van der Waals surface area contributed by atoms with Crippen molar-refractivity contribution in [2.45, 2.75) is 0 Å². The Morgan fingerprint density at radius 1 is 0.966 bits per heavy atom. The Labute approximate surface area is 175 Å². The van der Waals surface area contributed by atoms with Crippen LogP contribution in [0.4, 0.5) is 5.69 Å². The lowest BCUT2D eigenvalue weighted by Crippen LogP contribution is -2.48. The van der Waals surface area contributed by atoms with Crippen molar-refractivity contribution in [3.05, 3.63) is 77.7 Å². The maximum atomic E-state index is 12.6. The Kier molecular flexibility index (Phi) is 5.96. The number of ether oxygens (including phenoxy) is 1. The molecule has 0 aliphatic carbocycles. The molecule has 0 radical (unpaired) electrons. The predicted molar refractivity (Wildman–Crippen MR) is 121 cm³/mol. The van der Waals surface area contributed by atoms with Gasteiger partial charge in [0.05, 0.1) is 7.11 Å². The zero-order chi connectivity index (χ0) is 20.1. The fourth-order valence-electron chi connectivity index (χ4n) is 3.45. The largest absolute Gasteiger partial charge is 0.497 e. The molecule has 1 saturated heterocycles. The van der Waals surface area contributed by atoms with Gasteiger partial charge in [0, 0.05) is 53.8 Å². The maximum Gasteiger partial charge on any atom is 0.246 e. The molecule has 2 heterocycles. The molecule has 0 unspecified atom stereocenters. The van der Waals surface area contributed by atoms with E-state index in [0.29, 0.717) is 0 Å². The van der Waals surface area contributed by atoms with E-state index in [0.717, 1.165) is 42.5 Å². The number of anilines is 1. The number of hydrogen-bond donors (Lipinski definition) is 0. The average molecular weight is 405 g/mol. The van der Waals surface area contributed by atoms with Gasteiger partial charge in [-0.2, -0.15) is 0 Å². The van der Waals surface area contributed by atoms with Crippen molar-refractivity contribution >= 4 is 29.0 Å². The van der Waals surface area contributed by atoms with E-state index >= 15 is 0 Å². The highest BCUT2D eigenvalue weighted by atomic mass is 32.1. The van der Waals surface area contributed by atoms with Crippen LogP contribution in [0, 0.1) is 0 Å². The molecule has 29 heavy (non-hydrogen) atoms. The van der Waals surface area contributed by atoms with Crippen molar-refractivity contribution in [1.29, 1.82) is 0 Å². The quantitative estimate of drug-likeness (QED) is 0.574. The number of carbonyl (C=O) groups is 1. The first-order chi connectivity index (χ1) is 14.2. The van der Waals surface area contributed by atoms with E-state index in [1.54, 1.807) is 24.5 Å². The molecule has 0 N–H and O–H groups in total. The topological polar surface area (TPSA) is 32.8 Å². The second-order valence-electron chi connectivity index (χ2n) is 6.92. The van der Waals surface area contributed by atoms with Crippen molar-refractivity contribution in [3.63, 3.8) is 0 Å². The number of thiophene rings is 1. The van der Waals surface area contributed by atoms with E-state index in [2.05, 4.69) is 35.2 Å². The minimum Gasteiger partial charge on any atom is -0.497 e. The number of amides is 1. The lowest BCUT2D eigenvalue weighted by Gasteiger charge is -2.35. The van der Waals surface area contributed by atoms with Gasteiger partial charge in [-0.3, -0.25) is 4.79 Å². The minimum atomic E-state index is 0.0740. The molecule has 0 atom stereocenters. The molecule has 0 spiro atoms. The molecule has 5 heteroatoms. The highest BCUT2D eigenvalue weighted by Gasteiger charge is 2.20. The van der Waals surface area contributed by atoms with Crippen LogP contribution >= 0.6 is 11.3 Å². The first-order valence-electron chi connectivity index (χ1n) is 9.74. The van der Waals surface area contributed by atoms with E-state index in [-0.39, 0.29) is 5.91 Å². The number of rotatable bonds is 5. The summed E-state index contributed by atoms with van der Waals surface area (Å²) < 4.78 is 5.31. The number of benzene rings is 2. The molecule has 148 valence electrons. The molecule has 1 aliphatic rings. The summed E-state index contributed by atoms with van der Waals surface area (Å²) in [5, 5.41) is 0. The van der Waals surface area contributed by atoms with Crippen LogP contribution in [0.2, 0.25) is 0 Å². The van der Waals surface area contributed by atoms with Gasteiger partial charge in [0.25, 0.3) is 0 Å². The van der Waals surface area contributed by atoms with E-state index in [1.807, 2.05) is 47.4 Å². The molecule has 1 fully saturated rings. The average Bonchev–Trinajstić information content (AvgIpc) is 3.27. The minimum absolute atomic E-state index is 0.0740. The van der Waals surface area contributed by atoms with Gasteiger partial charge in [0.1, 0.15) is 5.75 Å². The summed E-state index contributed by atoms with van der Waals surface area (Å²) in [6.45, 7) is 3.09. The summed E-state index contributed by atoms with van der Waals surface area (Å²) in [4.78, 5) is 19.1. The van der Waals surface area contributed by atoms with Gasteiger partial charge in [-0.15, -0.1) is 11.3 Å². The molecule has 4 nitrogen and oxygen atoms in total. The molecule has 2 aromatic carbocycles. The Hall–Kier alpha value is -3.05. The van der Waals surface area contributed by atoms with Gasteiger partial charge in [0.15, 0.2) is 0 Å². The van der Waals surface area contributed by atoms with Crippen LogP contribution in [-0.2, 0) is 4.79 Å². The highest BCUT2D eigenvalue weighted by molar-refractivity contribution is 7.16. The van der Waals surface area contributed by atoms with Gasteiger partial charge in [-0.25, -0.2) is 0 Å². The third kappa shape index (κ3) is 4.69. The Balaban J connectivity index is 1.33. The molecule has 1 aliphatic heterocycles. The summed E-state index contributed by atoms with van der Waals surface area (Å²) in [5.41, 5.74) is 2.34. The summed E-state index contributed by atoms with van der Waals surface area (Å²) in [5.74, 6) is 0.930. The fourth-order valence-corrected chi connectivity index (χ4v) is 4.37. The Morgan fingerprint density at radius 3 is 2.52 bits per heavy atom. The van der Waals surface area contributed by atoms with Crippen LogP contribution in [0.5, 0.6) is 5.75 Å². The lowest BCUT2D eigenvalue weighted by molar-refractivity contribution is -0.126. The van der Waals surface area contributed by atoms with E-state index in [4.69, 9.17) is 4.74 Å². The second-order valence-corrected chi connectivity index (χ2v) is 8.03. The first-order valence-corrected chi connectivity index (χ1v) is 10.6. The smallest absolute Gasteiger partial charge is 0.246 e. The maximum absolute atomic E-state index is 12.6. The van der Waals surface area contributed by atoms with Crippen molar-refractivity contribution in [2.24, 2.45) is 0 Å². The van der Waals surface area contributed by atoms with Crippen LogP contribution in [0.1, 0.15) is 4.88 Å². The van der Waals surface area contributed by atoms with Crippen LogP contribution in [0.3, 0.4) is 0 Å². The zero-order valence-corrected chi connectivity index (χ0v) is 17.3. The van der Waals surface area contributed by atoms with Crippen LogP contribution in [0.15, 0.2) is 72.8 Å². The van der Waals surface area contributed by atoms with Gasteiger partial charge < -0.3 is 14.5 Å². The normalized spacial score (nSPS) is 14.4. The van der Waals surface area contributed by atoms with Crippen molar-refractivity contribution in [3.8, 4) is 16.2 Å². The van der Waals surface area contributed by atoms with Crippen LogP contribution < -0.4 is 9.64 Å². The number of nitrogens with zero attached hydrogens (tertiary/aromatic N) is 2. The summed E-state index contributed by atoms with van der Waals surface area (Å²) >= 11 is 1.70. The first kappa shape index (κ1) is 19.3. The van der Waals surface area contributed by atoms with Gasteiger partial charge in [0.2, 0.25) is 5.91 Å². The monoisotopic (exact) mass is 404 g/mol. The zero-order valence-electron chi connectivity index (χ0n) is 16.5. The SMILES string of the molecule is COc1cccc(N2CCN(C(=O)/C=C/c3ccc(-c4ccccc4)s3)CC2)c1. The fraction of sp³-hybridized carbons (Fsp3) is 0.208. The van der Waals surface area contributed by atoms with E-state index < -0.39 is 0 Å². The Bertz CT molecular complexity index is 989.